The molecule has 3 aromatic rings. The summed E-state index contributed by atoms with van der Waals surface area (Å²) in [6.07, 6.45) is 6.76. The van der Waals surface area contributed by atoms with Crippen molar-refractivity contribution in [2.24, 2.45) is 0 Å². The van der Waals surface area contributed by atoms with Gasteiger partial charge in [-0.15, -0.1) is 6.42 Å². The van der Waals surface area contributed by atoms with Gasteiger partial charge in [0, 0.05) is 22.7 Å². The van der Waals surface area contributed by atoms with Crippen molar-refractivity contribution >= 4 is 22.4 Å². The van der Waals surface area contributed by atoms with Crippen molar-refractivity contribution in [3.05, 3.63) is 48.3 Å². The van der Waals surface area contributed by atoms with E-state index in [-0.39, 0.29) is 24.7 Å². The van der Waals surface area contributed by atoms with Crippen LogP contribution in [0.1, 0.15) is 5.56 Å². The zero-order valence-corrected chi connectivity index (χ0v) is 14.0. The number of hydrogen-bond acceptors (Lipinski definition) is 6. The number of alkyl halides is 2. The van der Waals surface area contributed by atoms with E-state index in [1.165, 1.54) is 18.5 Å². The van der Waals surface area contributed by atoms with Crippen LogP contribution >= 0.6 is 0 Å². The minimum atomic E-state index is -2.87. The summed E-state index contributed by atoms with van der Waals surface area (Å²) < 4.78 is 33.4. The van der Waals surface area contributed by atoms with Crippen LogP contribution in [0, 0.1) is 12.3 Å². The van der Waals surface area contributed by atoms with E-state index < -0.39 is 6.61 Å². The number of ether oxygens (including phenoxy) is 2. The molecule has 0 aliphatic rings. The van der Waals surface area contributed by atoms with Gasteiger partial charge in [-0.2, -0.15) is 8.78 Å². The number of benzene rings is 2. The van der Waals surface area contributed by atoms with Crippen LogP contribution < -0.4 is 10.1 Å². The van der Waals surface area contributed by atoms with E-state index in [1.807, 2.05) is 12.1 Å². The van der Waals surface area contributed by atoms with Crippen LogP contribution in [0.15, 0.2) is 42.7 Å². The van der Waals surface area contributed by atoms with E-state index in [2.05, 4.69) is 25.9 Å². The van der Waals surface area contributed by atoms with Crippen LogP contribution in [0.4, 0.5) is 20.3 Å². The molecule has 0 aliphatic carbocycles. The lowest BCUT2D eigenvalue weighted by atomic mass is 10.2. The van der Waals surface area contributed by atoms with Crippen molar-refractivity contribution < 1.29 is 23.4 Å². The lowest BCUT2D eigenvalue weighted by Crippen LogP contribution is -2.09. The minimum absolute atomic E-state index is 0.107. The lowest BCUT2D eigenvalue weighted by molar-refractivity contribution is -0.133. The topological polar surface area (TPSA) is 76.5 Å². The summed E-state index contributed by atoms with van der Waals surface area (Å²) in [7, 11) is 0. The number of nitrogens with zero attached hydrogens (tertiary/aromatic N) is 2. The van der Waals surface area contributed by atoms with E-state index in [1.54, 1.807) is 12.1 Å². The standard InChI is InChI=1S/C19H15F2N3O3/c1-2-12-4-3-5-13(8-12)24-18-14-9-17(26-6-7-27-19(20)21)16(25)10-15(14)22-11-23-18/h1,3-5,8-11,19,25H,6-7H2,(H,22,23,24). The molecule has 2 N–H and O–H groups in total. The van der Waals surface area contributed by atoms with Gasteiger partial charge in [0.1, 0.15) is 18.8 Å². The van der Waals surface area contributed by atoms with Crippen molar-refractivity contribution in [3.63, 3.8) is 0 Å². The molecule has 6 nitrogen and oxygen atoms in total. The maximum Gasteiger partial charge on any atom is 0.345 e. The predicted molar refractivity (Wildman–Crippen MR) is 96.3 cm³/mol. The summed E-state index contributed by atoms with van der Waals surface area (Å²) in [6, 6.07) is 10.2. The molecule has 138 valence electrons. The number of phenols is 1. The SMILES string of the molecule is C#Cc1cccc(Nc2ncnc3cc(O)c(OCCOC(F)F)cc23)c1. The minimum Gasteiger partial charge on any atom is -0.504 e. The largest absolute Gasteiger partial charge is 0.504 e. The number of fused-ring (bicyclic) bond motifs is 1. The zero-order chi connectivity index (χ0) is 19.2. The molecule has 0 saturated heterocycles. The maximum atomic E-state index is 12.0. The van der Waals surface area contributed by atoms with Crippen molar-refractivity contribution in [2.75, 3.05) is 18.5 Å². The number of nitrogens with one attached hydrogen (secondary N) is 1. The molecule has 2 aromatic carbocycles. The molecule has 27 heavy (non-hydrogen) atoms. The summed E-state index contributed by atoms with van der Waals surface area (Å²) >= 11 is 0. The quantitative estimate of drug-likeness (QED) is 0.487. The number of rotatable bonds is 7. The fourth-order valence-electron chi connectivity index (χ4n) is 2.40. The van der Waals surface area contributed by atoms with Crippen LogP contribution in [0.3, 0.4) is 0 Å². The molecule has 8 heteroatoms. The second-order valence-corrected chi connectivity index (χ2v) is 5.39. The summed E-state index contributed by atoms with van der Waals surface area (Å²) in [5.74, 6) is 2.97. The molecule has 0 unspecified atom stereocenters. The third-order valence-corrected chi connectivity index (χ3v) is 3.59. The number of aromatic hydroxyl groups is 1. The Balaban J connectivity index is 1.87. The monoisotopic (exact) mass is 371 g/mol. The summed E-state index contributed by atoms with van der Waals surface area (Å²) in [5, 5.41) is 13.8. The van der Waals surface area contributed by atoms with Gasteiger partial charge >= 0.3 is 6.61 Å². The summed E-state index contributed by atoms with van der Waals surface area (Å²) in [4.78, 5) is 8.33. The van der Waals surface area contributed by atoms with Gasteiger partial charge in [0.25, 0.3) is 0 Å². The Morgan fingerprint density at radius 3 is 2.81 bits per heavy atom. The number of anilines is 2. The molecule has 0 aliphatic heterocycles. The Morgan fingerprint density at radius 1 is 1.19 bits per heavy atom. The van der Waals surface area contributed by atoms with E-state index >= 15 is 0 Å². The van der Waals surface area contributed by atoms with Crippen LogP contribution in [0.25, 0.3) is 10.9 Å². The highest BCUT2D eigenvalue weighted by Crippen LogP contribution is 2.34. The summed E-state index contributed by atoms with van der Waals surface area (Å²) in [5.41, 5.74) is 1.92. The van der Waals surface area contributed by atoms with Crippen LogP contribution in [0.5, 0.6) is 11.5 Å². The second kappa shape index (κ2) is 8.29. The first-order valence-electron chi connectivity index (χ1n) is 7.91. The number of aromatic nitrogens is 2. The molecule has 0 spiro atoms. The Labute approximate surface area is 153 Å². The zero-order valence-electron chi connectivity index (χ0n) is 14.0. The molecule has 0 fully saturated rings. The van der Waals surface area contributed by atoms with Crippen molar-refractivity contribution in [1.29, 1.82) is 0 Å². The highest BCUT2D eigenvalue weighted by molar-refractivity contribution is 5.93. The number of phenolic OH excluding ortho intramolecular Hbond substituents is 1. The molecule has 0 bridgehead atoms. The molecular formula is C19H15F2N3O3. The van der Waals surface area contributed by atoms with E-state index in [0.29, 0.717) is 22.3 Å². The highest BCUT2D eigenvalue weighted by Gasteiger charge is 2.11. The van der Waals surface area contributed by atoms with Gasteiger partial charge < -0.3 is 19.9 Å². The molecular weight excluding hydrogens is 356 g/mol. The third kappa shape index (κ3) is 4.59. The van der Waals surface area contributed by atoms with Gasteiger partial charge in [0.05, 0.1) is 12.1 Å². The van der Waals surface area contributed by atoms with Crippen LogP contribution in [-0.4, -0.2) is 34.9 Å². The van der Waals surface area contributed by atoms with Crippen molar-refractivity contribution in [2.45, 2.75) is 6.61 Å². The number of terminal acetylenes is 1. The lowest BCUT2D eigenvalue weighted by Gasteiger charge is -2.12. The van der Waals surface area contributed by atoms with Crippen LogP contribution in [-0.2, 0) is 4.74 Å². The molecule has 0 radical (unpaired) electrons. The first-order valence-corrected chi connectivity index (χ1v) is 7.91. The van der Waals surface area contributed by atoms with E-state index in [9.17, 15) is 13.9 Å². The first kappa shape index (κ1) is 18.4. The number of hydrogen-bond donors (Lipinski definition) is 2. The highest BCUT2D eigenvalue weighted by atomic mass is 19.3. The van der Waals surface area contributed by atoms with Crippen molar-refractivity contribution in [1.82, 2.24) is 9.97 Å². The molecule has 1 aromatic heterocycles. The third-order valence-electron chi connectivity index (χ3n) is 3.59. The van der Waals surface area contributed by atoms with Gasteiger partial charge in [-0.3, -0.25) is 0 Å². The molecule has 3 rings (SSSR count). The van der Waals surface area contributed by atoms with Gasteiger partial charge in [-0.25, -0.2) is 9.97 Å². The van der Waals surface area contributed by atoms with Gasteiger partial charge in [0.15, 0.2) is 11.5 Å². The fraction of sp³-hybridized carbons (Fsp3) is 0.158. The smallest absolute Gasteiger partial charge is 0.345 e. The maximum absolute atomic E-state index is 12.0. The Bertz CT molecular complexity index is 990. The second-order valence-electron chi connectivity index (χ2n) is 5.39. The van der Waals surface area contributed by atoms with E-state index in [0.717, 1.165) is 5.69 Å². The molecule has 0 amide bonds. The average molecular weight is 371 g/mol. The Hall–Kier alpha value is -3.44. The molecule has 0 saturated carbocycles. The predicted octanol–water partition coefficient (Wildman–Crippen LogP) is 3.68. The first-order chi connectivity index (χ1) is 13.1. The normalized spacial score (nSPS) is 10.7. The van der Waals surface area contributed by atoms with Gasteiger partial charge in [0.2, 0.25) is 0 Å². The van der Waals surface area contributed by atoms with Gasteiger partial charge in [-0.05, 0) is 24.3 Å². The fourth-order valence-corrected chi connectivity index (χ4v) is 2.40. The van der Waals surface area contributed by atoms with Crippen molar-refractivity contribution in [3.8, 4) is 23.8 Å². The average Bonchev–Trinajstić information content (AvgIpc) is 2.66. The number of halogens is 2. The summed E-state index contributed by atoms with van der Waals surface area (Å²) in [6.45, 7) is -3.34. The molecule has 1 heterocycles. The van der Waals surface area contributed by atoms with E-state index in [4.69, 9.17) is 11.2 Å². The Morgan fingerprint density at radius 2 is 2.04 bits per heavy atom. The van der Waals surface area contributed by atoms with Gasteiger partial charge in [-0.1, -0.05) is 12.0 Å². The Kier molecular flexibility index (Phi) is 5.64. The molecule has 0 atom stereocenters. The van der Waals surface area contributed by atoms with Crippen LogP contribution in [0.2, 0.25) is 0 Å².